The number of hydrogen-bond donors (Lipinski definition) is 1. The number of carbonyl (C=O) groups is 1. The second-order valence-corrected chi connectivity index (χ2v) is 5.01. The minimum absolute atomic E-state index is 0.382. The zero-order valence-electron chi connectivity index (χ0n) is 11.4. The van der Waals surface area contributed by atoms with Gasteiger partial charge in [0, 0.05) is 10.4 Å². The summed E-state index contributed by atoms with van der Waals surface area (Å²) in [7, 11) is 4.50. The van der Waals surface area contributed by atoms with Crippen LogP contribution in [-0.4, -0.2) is 27.3 Å². The largest absolute Gasteiger partial charge is 0.497 e. The van der Waals surface area contributed by atoms with E-state index >= 15 is 0 Å². The molecule has 1 aromatic carbocycles. The second kappa shape index (κ2) is 5.83. The molecular formula is C14H15NO4S. The minimum Gasteiger partial charge on any atom is -0.497 e. The van der Waals surface area contributed by atoms with Gasteiger partial charge < -0.3 is 19.9 Å². The Labute approximate surface area is 120 Å². The van der Waals surface area contributed by atoms with Gasteiger partial charge in [-0.1, -0.05) is 0 Å². The lowest BCUT2D eigenvalue weighted by molar-refractivity contribution is 0.0607. The fourth-order valence-corrected chi connectivity index (χ4v) is 2.82. The predicted molar refractivity (Wildman–Crippen MR) is 78.6 cm³/mol. The van der Waals surface area contributed by atoms with E-state index < -0.39 is 5.97 Å². The first-order valence-corrected chi connectivity index (χ1v) is 6.62. The van der Waals surface area contributed by atoms with E-state index in [-0.39, 0.29) is 0 Å². The summed E-state index contributed by atoms with van der Waals surface area (Å²) in [4.78, 5) is 12.8. The first-order valence-electron chi connectivity index (χ1n) is 5.80. The van der Waals surface area contributed by atoms with Gasteiger partial charge in [-0.2, -0.15) is 0 Å². The predicted octanol–water partition coefficient (Wildman–Crippen LogP) is 2.80. The van der Waals surface area contributed by atoms with Gasteiger partial charge in [0.1, 0.15) is 16.4 Å². The Bertz CT molecular complexity index is 636. The maximum atomic E-state index is 11.6. The van der Waals surface area contributed by atoms with E-state index in [1.165, 1.54) is 18.4 Å². The summed E-state index contributed by atoms with van der Waals surface area (Å²) < 4.78 is 15.2. The fraction of sp³-hybridized carbons (Fsp3) is 0.214. The molecule has 0 aliphatic heterocycles. The van der Waals surface area contributed by atoms with Gasteiger partial charge in [-0.15, -0.1) is 11.3 Å². The van der Waals surface area contributed by atoms with Gasteiger partial charge in [-0.3, -0.25) is 0 Å². The first kappa shape index (κ1) is 14.2. The molecule has 6 heteroatoms. The van der Waals surface area contributed by atoms with E-state index in [2.05, 4.69) is 0 Å². The van der Waals surface area contributed by atoms with Crippen molar-refractivity contribution in [2.75, 3.05) is 27.1 Å². The number of nitrogen functional groups attached to an aromatic ring is 1. The van der Waals surface area contributed by atoms with Crippen molar-refractivity contribution in [3.05, 3.63) is 29.1 Å². The standard InChI is InChI=1S/C14H15NO4S/c1-17-8-4-5-11(18-2)9(6-8)12-7-10(15)13(20-12)14(16)19-3/h4-7H,15H2,1-3H3. The lowest BCUT2D eigenvalue weighted by Gasteiger charge is -2.08. The summed E-state index contributed by atoms with van der Waals surface area (Å²) in [5.74, 6) is 0.941. The van der Waals surface area contributed by atoms with Crippen molar-refractivity contribution < 1.29 is 19.0 Å². The molecular weight excluding hydrogens is 278 g/mol. The van der Waals surface area contributed by atoms with Crippen molar-refractivity contribution in [2.45, 2.75) is 0 Å². The Balaban J connectivity index is 2.53. The molecule has 0 atom stereocenters. The third kappa shape index (κ3) is 2.55. The molecule has 5 nitrogen and oxygen atoms in total. The number of methoxy groups -OCH3 is 3. The summed E-state index contributed by atoms with van der Waals surface area (Å²) in [5, 5.41) is 0. The minimum atomic E-state index is -0.444. The van der Waals surface area contributed by atoms with Gasteiger partial charge in [0.2, 0.25) is 0 Å². The molecule has 0 bridgehead atoms. The summed E-state index contributed by atoms with van der Waals surface area (Å²) >= 11 is 1.26. The average Bonchev–Trinajstić information content (AvgIpc) is 2.87. The smallest absolute Gasteiger partial charge is 0.350 e. The summed E-state index contributed by atoms with van der Waals surface area (Å²) in [6.45, 7) is 0. The molecule has 2 aromatic rings. The molecule has 106 valence electrons. The molecule has 0 radical (unpaired) electrons. The number of anilines is 1. The molecule has 0 aliphatic carbocycles. The van der Waals surface area contributed by atoms with Crippen LogP contribution < -0.4 is 15.2 Å². The van der Waals surface area contributed by atoms with Crippen LogP contribution >= 0.6 is 11.3 Å². The van der Waals surface area contributed by atoms with Crippen LogP contribution in [0.15, 0.2) is 24.3 Å². The quantitative estimate of drug-likeness (QED) is 0.878. The number of nitrogens with two attached hydrogens (primary N) is 1. The van der Waals surface area contributed by atoms with E-state index in [0.29, 0.717) is 22.1 Å². The van der Waals surface area contributed by atoms with Crippen molar-refractivity contribution in [3.63, 3.8) is 0 Å². The lowest BCUT2D eigenvalue weighted by atomic mass is 10.1. The van der Waals surface area contributed by atoms with Crippen LogP contribution in [0.5, 0.6) is 11.5 Å². The second-order valence-electron chi connectivity index (χ2n) is 3.95. The highest BCUT2D eigenvalue weighted by Crippen LogP contribution is 2.40. The molecule has 0 amide bonds. The van der Waals surface area contributed by atoms with Gasteiger partial charge in [-0.25, -0.2) is 4.79 Å². The fourth-order valence-electron chi connectivity index (χ4n) is 1.80. The van der Waals surface area contributed by atoms with Crippen LogP contribution in [0.4, 0.5) is 5.69 Å². The number of ether oxygens (including phenoxy) is 3. The van der Waals surface area contributed by atoms with Crippen molar-refractivity contribution in [1.82, 2.24) is 0 Å². The summed E-state index contributed by atoms with van der Waals surface area (Å²) in [6, 6.07) is 7.18. The maximum absolute atomic E-state index is 11.6. The molecule has 0 unspecified atom stereocenters. The molecule has 0 spiro atoms. The number of esters is 1. The molecule has 0 aliphatic rings. The van der Waals surface area contributed by atoms with Crippen molar-refractivity contribution in [2.24, 2.45) is 0 Å². The monoisotopic (exact) mass is 293 g/mol. The third-order valence-electron chi connectivity index (χ3n) is 2.80. The van der Waals surface area contributed by atoms with E-state index in [0.717, 1.165) is 10.4 Å². The Hall–Kier alpha value is -2.21. The SMILES string of the molecule is COC(=O)c1sc(-c2cc(OC)ccc2OC)cc1N. The number of rotatable bonds is 4. The zero-order valence-corrected chi connectivity index (χ0v) is 12.2. The van der Waals surface area contributed by atoms with Crippen molar-refractivity contribution in [3.8, 4) is 21.9 Å². The normalized spacial score (nSPS) is 10.2. The van der Waals surface area contributed by atoms with Crippen molar-refractivity contribution in [1.29, 1.82) is 0 Å². The number of hydrogen-bond acceptors (Lipinski definition) is 6. The van der Waals surface area contributed by atoms with Crippen LogP contribution in [0.1, 0.15) is 9.67 Å². The van der Waals surface area contributed by atoms with Gasteiger partial charge in [0.15, 0.2) is 0 Å². The van der Waals surface area contributed by atoms with E-state index in [9.17, 15) is 4.79 Å². The maximum Gasteiger partial charge on any atom is 0.350 e. The number of carbonyl (C=O) groups excluding carboxylic acids is 1. The van der Waals surface area contributed by atoms with E-state index in [1.54, 1.807) is 26.4 Å². The third-order valence-corrected chi connectivity index (χ3v) is 3.97. The van der Waals surface area contributed by atoms with Crippen LogP contribution in [0.2, 0.25) is 0 Å². The average molecular weight is 293 g/mol. The topological polar surface area (TPSA) is 70.8 Å². The Morgan fingerprint density at radius 3 is 2.50 bits per heavy atom. The van der Waals surface area contributed by atoms with E-state index in [1.807, 2.05) is 12.1 Å². The van der Waals surface area contributed by atoms with Gasteiger partial charge in [0.25, 0.3) is 0 Å². The van der Waals surface area contributed by atoms with Crippen LogP contribution in [-0.2, 0) is 4.74 Å². The van der Waals surface area contributed by atoms with E-state index in [4.69, 9.17) is 19.9 Å². The van der Waals surface area contributed by atoms with Gasteiger partial charge in [0.05, 0.1) is 27.0 Å². The Morgan fingerprint density at radius 1 is 1.15 bits per heavy atom. The van der Waals surface area contributed by atoms with Crippen LogP contribution in [0.3, 0.4) is 0 Å². The van der Waals surface area contributed by atoms with Crippen LogP contribution in [0, 0.1) is 0 Å². The summed E-state index contributed by atoms with van der Waals surface area (Å²) in [6.07, 6.45) is 0. The molecule has 1 heterocycles. The Morgan fingerprint density at radius 2 is 1.90 bits per heavy atom. The molecule has 1 aromatic heterocycles. The molecule has 2 N–H and O–H groups in total. The zero-order chi connectivity index (χ0) is 14.7. The summed E-state index contributed by atoms with van der Waals surface area (Å²) in [5.41, 5.74) is 7.06. The van der Waals surface area contributed by atoms with Crippen molar-refractivity contribution >= 4 is 23.0 Å². The number of thiophene rings is 1. The first-order chi connectivity index (χ1) is 9.60. The molecule has 0 saturated heterocycles. The molecule has 2 rings (SSSR count). The van der Waals surface area contributed by atoms with Crippen LogP contribution in [0.25, 0.3) is 10.4 Å². The van der Waals surface area contributed by atoms with Gasteiger partial charge >= 0.3 is 5.97 Å². The molecule has 20 heavy (non-hydrogen) atoms. The highest BCUT2D eigenvalue weighted by molar-refractivity contribution is 7.18. The highest BCUT2D eigenvalue weighted by atomic mass is 32.1. The molecule has 0 fully saturated rings. The Kier molecular flexibility index (Phi) is 4.14. The lowest BCUT2D eigenvalue weighted by Crippen LogP contribution is -2.00. The number of benzene rings is 1. The molecule has 0 saturated carbocycles. The van der Waals surface area contributed by atoms with Gasteiger partial charge in [-0.05, 0) is 24.3 Å². The highest BCUT2D eigenvalue weighted by Gasteiger charge is 2.18.